The number of hydrogen-bond acceptors (Lipinski definition) is 0. The van der Waals surface area contributed by atoms with Crippen LogP contribution in [-0.4, -0.2) is 0 Å². The highest BCUT2D eigenvalue weighted by Crippen LogP contribution is 3.02. The summed E-state index contributed by atoms with van der Waals surface area (Å²) in [6.45, 7) is 2.92. The topological polar surface area (TPSA) is 0 Å². The van der Waals surface area contributed by atoms with Crippen molar-refractivity contribution in [1.29, 1.82) is 0 Å². The minimum absolute atomic E-state index is 0.204. The Hall–Kier alpha value is -0.780. The van der Waals surface area contributed by atoms with E-state index < -0.39 is 15.1 Å². The average Bonchev–Trinajstić information content (AvgIpc) is 1.89. The van der Waals surface area contributed by atoms with Gasteiger partial charge in [0.15, 0.2) is 0 Å². The minimum atomic E-state index is -9.49. The fourth-order valence-electron chi connectivity index (χ4n) is 0.954. The summed E-state index contributed by atoms with van der Waals surface area (Å²) < 4.78 is 61.3. The van der Waals surface area contributed by atoms with Gasteiger partial charge in [-0.3, -0.25) is 0 Å². The number of benzene rings is 1. The Balaban J connectivity index is 3.45. The molecular formula is C8H9F5S. The lowest BCUT2D eigenvalue weighted by atomic mass is 10.1. The molecule has 14 heavy (non-hydrogen) atoms. The maximum absolute atomic E-state index is 12.3. The molecule has 0 fully saturated rings. The fourth-order valence-corrected chi connectivity index (χ4v) is 1.68. The quantitative estimate of drug-likeness (QED) is 0.600. The molecule has 0 radical (unpaired) electrons. The molecule has 6 heteroatoms. The van der Waals surface area contributed by atoms with Crippen molar-refractivity contribution in [1.82, 2.24) is 0 Å². The van der Waals surface area contributed by atoms with Gasteiger partial charge in [-0.25, -0.2) is 0 Å². The predicted octanol–water partition coefficient (Wildman–Crippen LogP) is 4.96. The Morgan fingerprint density at radius 1 is 0.857 bits per heavy atom. The second-order valence-corrected chi connectivity index (χ2v) is 5.62. The van der Waals surface area contributed by atoms with E-state index in [1.165, 1.54) is 6.92 Å². The lowest BCUT2D eigenvalue weighted by Crippen LogP contribution is -2.06. The van der Waals surface area contributed by atoms with Crippen molar-refractivity contribution in [2.45, 2.75) is 18.7 Å². The first kappa shape index (κ1) is 11.3. The fraction of sp³-hybridized carbons (Fsp3) is 0.250. The van der Waals surface area contributed by atoms with Crippen molar-refractivity contribution >= 4 is 10.2 Å². The molecule has 1 rings (SSSR count). The lowest BCUT2D eigenvalue weighted by molar-refractivity contribution is 0.364. The molecule has 82 valence electrons. The normalized spacial score (nSPS) is 17.4. The summed E-state index contributed by atoms with van der Waals surface area (Å²) in [5.41, 5.74) is 0.756. The first-order valence-corrected chi connectivity index (χ1v) is 5.66. The standard InChI is InChI=1S/C8H9F5S/c1-6-3-4-8(5-7(6)2)14(9,10,11,12)13/h3-5H,1-2H3. The highest BCUT2D eigenvalue weighted by Gasteiger charge is 2.65. The Labute approximate surface area is 78.5 Å². The maximum atomic E-state index is 12.3. The smallest absolute Gasteiger partial charge is 0.0936 e. The van der Waals surface area contributed by atoms with Crippen molar-refractivity contribution in [2.75, 3.05) is 0 Å². The van der Waals surface area contributed by atoms with E-state index in [1.54, 1.807) is 6.92 Å². The van der Waals surface area contributed by atoms with Gasteiger partial charge >= 0.3 is 10.2 Å². The molecule has 1 aromatic rings. The lowest BCUT2D eigenvalue weighted by Gasteiger charge is -2.40. The van der Waals surface area contributed by atoms with Gasteiger partial charge < -0.3 is 0 Å². The highest BCUT2D eigenvalue weighted by molar-refractivity contribution is 8.45. The third-order valence-electron chi connectivity index (χ3n) is 1.92. The molecule has 0 saturated heterocycles. The highest BCUT2D eigenvalue weighted by atomic mass is 32.5. The van der Waals surface area contributed by atoms with Gasteiger partial charge in [0.25, 0.3) is 0 Å². The molecule has 0 aromatic heterocycles. The molecule has 0 atom stereocenters. The van der Waals surface area contributed by atoms with Gasteiger partial charge in [-0.15, -0.1) is 0 Å². The van der Waals surface area contributed by atoms with Gasteiger partial charge in [0.05, 0.1) is 0 Å². The summed E-state index contributed by atoms with van der Waals surface area (Å²) in [7, 11) is -9.49. The molecular weight excluding hydrogens is 223 g/mol. The van der Waals surface area contributed by atoms with E-state index in [-0.39, 0.29) is 5.56 Å². The SMILES string of the molecule is Cc1ccc(S(F)(F)(F)(F)F)cc1C. The molecule has 0 nitrogen and oxygen atoms in total. The van der Waals surface area contributed by atoms with E-state index in [9.17, 15) is 19.4 Å². The first-order chi connectivity index (χ1) is 5.90. The van der Waals surface area contributed by atoms with Crippen LogP contribution >= 0.6 is 10.2 Å². The van der Waals surface area contributed by atoms with Gasteiger partial charge in [-0.1, -0.05) is 25.5 Å². The number of aryl methyl sites for hydroxylation is 2. The summed E-state index contributed by atoms with van der Waals surface area (Å²) in [6.07, 6.45) is 0. The predicted molar refractivity (Wildman–Crippen MR) is 47.3 cm³/mol. The van der Waals surface area contributed by atoms with E-state index >= 15 is 0 Å². The van der Waals surface area contributed by atoms with Crippen molar-refractivity contribution in [3.8, 4) is 0 Å². The van der Waals surface area contributed by atoms with Crippen LogP contribution in [0.4, 0.5) is 19.4 Å². The van der Waals surface area contributed by atoms with Gasteiger partial charge in [0, 0.05) is 0 Å². The van der Waals surface area contributed by atoms with Crippen molar-refractivity contribution < 1.29 is 19.4 Å². The van der Waals surface area contributed by atoms with Crippen LogP contribution in [0.15, 0.2) is 23.1 Å². The maximum Gasteiger partial charge on any atom is 0.310 e. The third kappa shape index (κ3) is 2.37. The van der Waals surface area contributed by atoms with Gasteiger partial charge in [-0.2, -0.15) is 0 Å². The minimum Gasteiger partial charge on any atom is -0.0936 e. The van der Waals surface area contributed by atoms with Crippen LogP contribution in [0, 0.1) is 13.8 Å². The van der Waals surface area contributed by atoms with E-state index in [0.717, 1.165) is 6.07 Å². The second-order valence-electron chi connectivity index (χ2n) is 3.22. The third-order valence-corrected chi connectivity index (χ3v) is 3.07. The molecule has 0 spiro atoms. The number of hydrogen-bond donors (Lipinski definition) is 0. The Bertz CT molecular complexity index is 377. The molecule has 0 bridgehead atoms. The van der Waals surface area contributed by atoms with Crippen molar-refractivity contribution in [3.63, 3.8) is 0 Å². The Morgan fingerprint density at radius 2 is 1.36 bits per heavy atom. The van der Waals surface area contributed by atoms with Crippen molar-refractivity contribution in [3.05, 3.63) is 29.3 Å². The van der Waals surface area contributed by atoms with Gasteiger partial charge in [-0.05, 0) is 37.1 Å². The van der Waals surface area contributed by atoms with E-state index in [1.807, 2.05) is 0 Å². The summed E-state index contributed by atoms with van der Waals surface area (Å²) in [5.74, 6) is 0. The number of halogens is 5. The second kappa shape index (κ2) is 2.24. The molecule has 0 unspecified atom stereocenters. The molecule has 0 N–H and O–H groups in total. The van der Waals surface area contributed by atoms with Crippen LogP contribution in [0.3, 0.4) is 0 Å². The molecule has 0 aliphatic carbocycles. The molecule has 1 aromatic carbocycles. The zero-order valence-electron chi connectivity index (χ0n) is 7.53. The molecule has 0 amide bonds. The molecule has 0 saturated carbocycles. The zero-order valence-corrected chi connectivity index (χ0v) is 8.35. The van der Waals surface area contributed by atoms with E-state index in [4.69, 9.17) is 0 Å². The average molecular weight is 232 g/mol. The Morgan fingerprint density at radius 3 is 1.71 bits per heavy atom. The van der Waals surface area contributed by atoms with Crippen LogP contribution in [0.1, 0.15) is 11.1 Å². The monoisotopic (exact) mass is 232 g/mol. The van der Waals surface area contributed by atoms with Crippen LogP contribution in [0.25, 0.3) is 0 Å². The van der Waals surface area contributed by atoms with Crippen LogP contribution in [0.5, 0.6) is 0 Å². The summed E-state index contributed by atoms with van der Waals surface area (Å²) in [4.78, 5) is -1.83. The van der Waals surface area contributed by atoms with Crippen molar-refractivity contribution in [2.24, 2.45) is 0 Å². The van der Waals surface area contributed by atoms with Gasteiger partial charge in [0.1, 0.15) is 4.90 Å². The zero-order chi connectivity index (χ0) is 11.3. The summed E-state index contributed by atoms with van der Waals surface area (Å²) >= 11 is 0. The molecule has 0 aliphatic heterocycles. The Kier molecular flexibility index (Phi) is 1.81. The van der Waals surface area contributed by atoms with E-state index in [2.05, 4.69) is 0 Å². The largest absolute Gasteiger partial charge is 0.310 e. The number of rotatable bonds is 1. The molecule has 0 aliphatic rings. The molecule has 0 heterocycles. The van der Waals surface area contributed by atoms with Crippen LogP contribution in [0.2, 0.25) is 0 Å². The summed E-state index contributed by atoms with van der Waals surface area (Å²) in [5, 5.41) is 0. The summed E-state index contributed by atoms with van der Waals surface area (Å²) in [6, 6.07) is 1.95. The van der Waals surface area contributed by atoms with Crippen LogP contribution in [-0.2, 0) is 0 Å². The van der Waals surface area contributed by atoms with Gasteiger partial charge in [0.2, 0.25) is 0 Å². The van der Waals surface area contributed by atoms with Crippen LogP contribution < -0.4 is 0 Å². The first-order valence-electron chi connectivity index (χ1n) is 3.71. The van der Waals surface area contributed by atoms with E-state index in [0.29, 0.717) is 17.7 Å².